The number of methoxy groups -OCH3 is 1. The fraction of sp³-hybridized carbons (Fsp3) is 0.304. The standard InChI is InChI=1S/C23H24N6O2/c1-15-22-17(4-5-26-15)18-10-20(21(31-3)11-19(18)27(22)2)28-6-8-29(9-7-28)23(30)16-12-24-14-25-13-16/h4-5,10-14H,6-9H2,1-3H3. The maximum Gasteiger partial charge on any atom is 0.257 e. The van der Waals surface area contributed by atoms with E-state index in [0.29, 0.717) is 18.7 Å². The van der Waals surface area contributed by atoms with Gasteiger partial charge in [-0.05, 0) is 19.1 Å². The van der Waals surface area contributed by atoms with E-state index in [0.717, 1.165) is 41.3 Å². The number of anilines is 1. The van der Waals surface area contributed by atoms with Gasteiger partial charge < -0.3 is 19.1 Å². The zero-order valence-electron chi connectivity index (χ0n) is 17.9. The highest BCUT2D eigenvalue weighted by Gasteiger charge is 2.25. The van der Waals surface area contributed by atoms with Gasteiger partial charge in [-0.1, -0.05) is 0 Å². The van der Waals surface area contributed by atoms with Gasteiger partial charge in [-0.3, -0.25) is 9.78 Å². The molecule has 1 aliphatic heterocycles. The number of fused-ring (bicyclic) bond motifs is 3. The SMILES string of the molecule is COc1cc2c(cc1N1CCN(C(=O)c3cncnc3)CC1)c1ccnc(C)c1n2C. The van der Waals surface area contributed by atoms with Gasteiger partial charge in [0.15, 0.2) is 0 Å². The van der Waals surface area contributed by atoms with Crippen molar-refractivity contribution in [3.8, 4) is 5.75 Å². The molecular formula is C23H24N6O2. The molecule has 0 saturated carbocycles. The lowest BCUT2D eigenvalue weighted by atomic mass is 10.1. The van der Waals surface area contributed by atoms with Crippen LogP contribution in [0.2, 0.25) is 0 Å². The Morgan fingerprint density at radius 1 is 1.06 bits per heavy atom. The fourth-order valence-electron chi connectivity index (χ4n) is 4.52. The molecule has 8 nitrogen and oxygen atoms in total. The van der Waals surface area contributed by atoms with Crippen LogP contribution in [0.1, 0.15) is 16.1 Å². The Hall–Kier alpha value is -3.68. The molecule has 5 rings (SSSR count). The Morgan fingerprint density at radius 2 is 1.81 bits per heavy atom. The lowest BCUT2D eigenvalue weighted by molar-refractivity contribution is 0.0746. The summed E-state index contributed by atoms with van der Waals surface area (Å²) in [6.07, 6.45) is 6.42. The minimum Gasteiger partial charge on any atom is -0.495 e. The van der Waals surface area contributed by atoms with Gasteiger partial charge >= 0.3 is 0 Å². The quantitative estimate of drug-likeness (QED) is 0.511. The van der Waals surface area contributed by atoms with Gasteiger partial charge in [0.2, 0.25) is 0 Å². The molecule has 1 aliphatic rings. The van der Waals surface area contributed by atoms with Gasteiger partial charge in [-0.2, -0.15) is 0 Å². The summed E-state index contributed by atoms with van der Waals surface area (Å²) < 4.78 is 7.94. The summed E-state index contributed by atoms with van der Waals surface area (Å²) in [5.41, 5.74) is 4.83. The number of benzene rings is 1. The molecule has 0 radical (unpaired) electrons. The highest BCUT2D eigenvalue weighted by Crippen LogP contribution is 2.38. The van der Waals surface area contributed by atoms with Crippen molar-refractivity contribution in [2.75, 3.05) is 38.2 Å². The zero-order chi connectivity index (χ0) is 21.5. The second-order valence-corrected chi connectivity index (χ2v) is 7.80. The lowest BCUT2D eigenvalue weighted by Gasteiger charge is -2.36. The third-order valence-electron chi connectivity index (χ3n) is 6.11. The summed E-state index contributed by atoms with van der Waals surface area (Å²) in [5, 5.41) is 2.37. The maximum atomic E-state index is 12.7. The Kier molecular flexibility index (Phi) is 4.69. The first-order valence-corrected chi connectivity index (χ1v) is 10.3. The van der Waals surface area contributed by atoms with Gasteiger partial charge in [0.25, 0.3) is 5.91 Å². The number of pyridine rings is 1. The van der Waals surface area contributed by atoms with Crippen LogP contribution < -0.4 is 9.64 Å². The van der Waals surface area contributed by atoms with Gasteiger partial charge in [0, 0.05) is 68.7 Å². The second-order valence-electron chi connectivity index (χ2n) is 7.80. The first kappa shape index (κ1) is 19.3. The number of hydrogen-bond donors (Lipinski definition) is 0. The predicted molar refractivity (Wildman–Crippen MR) is 120 cm³/mol. The zero-order valence-corrected chi connectivity index (χ0v) is 17.9. The lowest BCUT2D eigenvalue weighted by Crippen LogP contribution is -2.48. The highest BCUT2D eigenvalue weighted by molar-refractivity contribution is 6.10. The van der Waals surface area contributed by atoms with Crippen LogP contribution >= 0.6 is 0 Å². The molecule has 1 fully saturated rings. The number of rotatable bonds is 3. The van der Waals surface area contributed by atoms with Crippen molar-refractivity contribution in [3.63, 3.8) is 0 Å². The van der Waals surface area contributed by atoms with E-state index >= 15 is 0 Å². The van der Waals surface area contributed by atoms with Crippen molar-refractivity contribution in [2.24, 2.45) is 7.05 Å². The summed E-state index contributed by atoms with van der Waals surface area (Å²) >= 11 is 0. The molecule has 8 heteroatoms. The molecule has 0 spiro atoms. The molecule has 0 atom stereocenters. The molecule has 1 aromatic carbocycles. The normalized spacial score (nSPS) is 14.4. The minimum absolute atomic E-state index is 0.0281. The van der Waals surface area contributed by atoms with E-state index in [1.54, 1.807) is 19.5 Å². The number of hydrogen-bond acceptors (Lipinski definition) is 6. The molecule has 158 valence electrons. The fourth-order valence-corrected chi connectivity index (χ4v) is 4.52. The number of piperazine rings is 1. The van der Waals surface area contributed by atoms with Gasteiger partial charge in [-0.15, -0.1) is 0 Å². The number of aryl methyl sites for hydroxylation is 2. The summed E-state index contributed by atoms with van der Waals surface area (Å²) in [4.78, 5) is 29.2. The van der Waals surface area contributed by atoms with Gasteiger partial charge in [0.1, 0.15) is 12.1 Å². The predicted octanol–water partition coefficient (Wildman–Crippen LogP) is 2.80. The molecule has 1 amide bonds. The molecule has 0 aliphatic carbocycles. The van der Waals surface area contributed by atoms with Crippen LogP contribution in [0.15, 0.2) is 43.1 Å². The number of aromatic nitrogens is 4. The van der Waals surface area contributed by atoms with Crippen LogP contribution in [-0.2, 0) is 7.05 Å². The second kappa shape index (κ2) is 7.54. The first-order valence-electron chi connectivity index (χ1n) is 10.3. The summed E-state index contributed by atoms with van der Waals surface area (Å²) in [6.45, 7) is 4.76. The number of ether oxygens (including phenoxy) is 1. The summed E-state index contributed by atoms with van der Waals surface area (Å²) in [7, 11) is 3.77. The average molecular weight is 416 g/mol. The van der Waals surface area contributed by atoms with Crippen molar-refractivity contribution < 1.29 is 9.53 Å². The largest absolute Gasteiger partial charge is 0.495 e. The number of carbonyl (C=O) groups is 1. The van der Waals surface area contributed by atoms with E-state index in [1.165, 1.54) is 17.1 Å². The average Bonchev–Trinajstić information content (AvgIpc) is 3.10. The van der Waals surface area contributed by atoms with E-state index in [2.05, 4.69) is 49.7 Å². The summed E-state index contributed by atoms with van der Waals surface area (Å²) in [5.74, 6) is 0.806. The van der Waals surface area contributed by atoms with Gasteiger partial charge in [-0.25, -0.2) is 9.97 Å². The molecule has 0 unspecified atom stereocenters. The van der Waals surface area contributed by atoms with Crippen LogP contribution in [0.3, 0.4) is 0 Å². The number of amides is 1. The molecule has 1 saturated heterocycles. The molecule has 3 aromatic heterocycles. The van der Waals surface area contributed by atoms with Crippen molar-refractivity contribution in [1.29, 1.82) is 0 Å². The molecule has 31 heavy (non-hydrogen) atoms. The maximum absolute atomic E-state index is 12.7. The van der Waals surface area contributed by atoms with Crippen LogP contribution in [0, 0.1) is 6.92 Å². The van der Waals surface area contributed by atoms with Crippen LogP contribution in [0.5, 0.6) is 5.75 Å². The Labute approximate surface area is 180 Å². The van der Waals surface area contributed by atoms with E-state index in [4.69, 9.17) is 4.74 Å². The Balaban J connectivity index is 1.47. The highest BCUT2D eigenvalue weighted by atomic mass is 16.5. The minimum atomic E-state index is -0.0281. The topological polar surface area (TPSA) is 76.4 Å². The molecule has 0 N–H and O–H groups in total. The molecule has 0 bridgehead atoms. The van der Waals surface area contributed by atoms with Crippen LogP contribution in [0.4, 0.5) is 5.69 Å². The third kappa shape index (κ3) is 3.15. The third-order valence-corrected chi connectivity index (χ3v) is 6.11. The van der Waals surface area contributed by atoms with Crippen molar-refractivity contribution in [2.45, 2.75) is 6.92 Å². The van der Waals surface area contributed by atoms with Crippen molar-refractivity contribution >= 4 is 33.4 Å². The van der Waals surface area contributed by atoms with Crippen LogP contribution in [0.25, 0.3) is 21.8 Å². The monoisotopic (exact) mass is 416 g/mol. The van der Waals surface area contributed by atoms with Gasteiger partial charge in [0.05, 0.1) is 35.1 Å². The molecular weight excluding hydrogens is 392 g/mol. The van der Waals surface area contributed by atoms with E-state index < -0.39 is 0 Å². The number of carbonyl (C=O) groups excluding carboxylic acids is 1. The van der Waals surface area contributed by atoms with Crippen LogP contribution in [-0.4, -0.2) is 63.6 Å². The summed E-state index contributed by atoms with van der Waals surface area (Å²) in [6, 6.07) is 6.38. The van der Waals surface area contributed by atoms with Crippen molar-refractivity contribution in [1.82, 2.24) is 24.4 Å². The first-order chi connectivity index (χ1) is 15.1. The Morgan fingerprint density at radius 3 is 2.52 bits per heavy atom. The van der Waals surface area contributed by atoms with Crippen molar-refractivity contribution in [3.05, 3.63) is 54.4 Å². The number of nitrogens with zero attached hydrogens (tertiary/aromatic N) is 6. The van der Waals surface area contributed by atoms with E-state index in [-0.39, 0.29) is 5.91 Å². The molecule has 4 heterocycles. The Bertz CT molecular complexity index is 1280. The smallest absolute Gasteiger partial charge is 0.257 e. The van der Waals surface area contributed by atoms with E-state index in [9.17, 15) is 4.79 Å². The molecule has 4 aromatic rings. The van der Waals surface area contributed by atoms with E-state index in [1.807, 2.05) is 18.0 Å².